The lowest BCUT2D eigenvalue weighted by Gasteiger charge is -1.94. The van der Waals surface area contributed by atoms with Crippen molar-refractivity contribution in [1.82, 2.24) is 0 Å². The Kier molecular flexibility index (Phi) is 24.0. The first-order valence-corrected chi connectivity index (χ1v) is 7.81. The number of hydrogen-bond acceptors (Lipinski definition) is 0. The number of hydrogen-bond donors (Lipinski definition) is 0. The minimum atomic E-state index is -0.0972. The Hall–Kier alpha value is -1.63. The van der Waals surface area contributed by atoms with Crippen molar-refractivity contribution in [3.05, 3.63) is 72.1 Å². The second-order valence-electron chi connectivity index (χ2n) is 3.59. The van der Waals surface area contributed by atoms with Crippen LogP contribution in [0, 0.1) is 5.82 Å². The number of benzene rings is 1. The molecule has 0 unspecified atom stereocenters. The van der Waals surface area contributed by atoms with Gasteiger partial charge in [0, 0.05) is 0 Å². The Morgan fingerprint density at radius 2 is 1.67 bits per heavy atom. The maximum Gasteiger partial charge on any atom is 0.126 e. The Morgan fingerprint density at radius 1 is 1.14 bits per heavy atom. The summed E-state index contributed by atoms with van der Waals surface area (Å²) in [4.78, 5) is 0. The van der Waals surface area contributed by atoms with Gasteiger partial charge in [0.15, 0.2) is 0 Å². The van der Waals surface area contributed by atoms with Crippen LogP contribution in [0.15, 0.2) is 60.7 Å². The van der Waals surface area contributed by atoms with E-state index in [4.69, 9.17) is 0 Å². The molecule has 1 aromatic rings. The summed E-state index contributed by atoms with van der Waals surface area (Å²) in [5.74, 6) is -0.0972. The van der Waals surface area contributed by atoms with Crippen molar-refractivity contribution in [2.45, 2.75) is 54.9 Å². The van der Waals surface area contributed by atoms with Crippen LogP contribution in [0.3, 0.4) is 0 Å². The molecule has 1 rings (SSSR count). The van der Waals surface area contributed by atoms with Crippen LogP contribution in [0.5, 0.6) is 0 Å². The highest BCUT2D eigenvalue weighted by atomic mass is 19.1. The van der Waals surface area contributed by atoms with Gasteiger partial charge in [-0.1, -0.05) is 89.3 Å². The molecule has 1 heteroatoms. The van der Waals surface area contributed by atoms with E-state index in [9.17, 15) is 4.39 Å². The first kappa shape index (κ1) is 24.4. The molecule has 0 heterocycles. The van der Waals surface area contributed by atoms with Crippen LogP contribution in [0.1, 0.15) is 54.0 Å². The molecule has 120 valence electrons. The summed E-state index contributed by atoms with van der Waals surface area (Å²) >= 11 is 0. The molecule has 1 aromatic carbocycles. The van der Waals surface area contributed by atoms with Crippen molar-refractivity contribution in [2.24, 2.45) is 0 Å². The summed E-state index contributed by atoms with van der Waals surface area (Å²) in [6, 6.07) is 6.84. The minimum absolute atomic E-state index is 0.0972. The van der Waals surface area contributed by atoms with Gasteiger partial charge in [0.25, 0.3) is 0 Å². The lowest BCUT2D eigenvalue weighted by atomic mass is 10.2. The molecule has 0 saturated heterocycles. The van der Waals surface area contributed by atoms with E-state index < -0.39 is 0 Å². The predicted molar refractivity (Wildman–Crippen MR) is 97.2 cm³/mol. The second kappa shape index (κ2) is 20.7. The molecule has 0 nitrogen and oxygen atoms in total. The first-order chi connectivity index (χ1) is 10.2. The maximum absolute atomic E-state index is 12.6. The predicted octanol–water partition coefficient (Wildman–Crippen LogP) is 7.14. The van der Waals surface area contributed by atoms with Gasteiger partial charge in [-0.25, -0.2) is 4.39 Å². The van der Waals surface area contributed by atoms with Crippen LogP contribution in [0.25, 0.3) is 0 Å². The summed E-state index contributed by atoms with van der Waals surface area (Å²) in [6.07, 6.45) is 8.61. The van der Waals surface area contributed by atoms with E-state index in [1.54, 1.807) is 12.1 Å². The van der Waals surface area contributed by atoms with Gasteiger partial charge in [0.2, 0.25) is 0 Å². The number of allylic oxidation sites excluding steroid dienone is 5. The Bertz CT molecular complexity index is 387. The Morgan fingerprint density at radius 3 is 2.00 bits per heavy atom. The number of halogens is 1. The molecule has 0 atom stereocenters. The maximum atomic E-state index is 12.6. The molecular weight excluding hydrogens is 259 g/mol. The Labute approximate surface area is 132 Å². The third-order valence-electron chi connectivity index (χ3n) is 2.21. The zero-order valence-corrected chi connectivity index (χ0v) is 14.9. The molecule has 0 N–H and O–H groups in total. The molecule has 0 fully saturated rings. The third kappa shape index (κ3) is 16.3. The molecule has 21 heavy (non-hydrogen) atoms. The summed E-state index contributed by atoms with van der Waals surface area (Å²) < 4.78 is 12.6. The molecule has 0 aliphatic carbocycles. The van der Waals surface area contributed by atoms with Gasteiger partial charge >= 0.3 is 0 Å². The zero-order valence-electron chi connectivity index (χ0n) is 14.9. The highest BCUT2D eigenvalue weighted by molar-refractivity contribution is 5.19. The van der Waals surface area contributed by atoms with Gasteiger partial charge in [-0.3, -0.25) is 0 Å². The van der Waals surface area contributed by atoms with E-state index >= 15 is 0 Å². The fraction of sp³-hybridized carbons (Fsp3) is 0.400. The molecule has 0 aromatic heterocycles. The van der Waals surface area contributed by atoms with Crippen molar-refractivity contribution in [2.75, 3.05) is 0 Å². The van der Waals surface area contributed by atoms with Crippen LogP contribution in [0.2, 0.25) is 0 Å². The standard InChI is InChI=1S/C8H9F.C8H12.2C2H6/c1-2-7-5-3-4-6-8(7)9;1-4-6-7-8(3)5-2;2*1-2/h3-6H,2H2,1H3;4-7H,2H2,1,3H3;2*1-2H3/b;6-4-,8-7-;;. The van der Waals surface area contributed by atoms with E-state index in [0.29, 0.717) is 0 Å². The van der Waals surface area contributed by atoms with Gasteiger partial charge in [0.05, 0.1) is 0 Å². The van der Waals surface area contributed by atoms with Crippen LogP contribution >= 0.6 is 0 Å². The minimum Gasteiger partial charge on any atom is -0.207 e. The lowest BCUT2D eigenvalue weighted by molar-refractivity contribution is 0.612. The summed E-state index contributed by atoms with van der Waals surface area (Å²) in [5, 5.41) is 0. The van der Waals surface area contributed by atoms with E-state index in [1.165, 1.54) is 11.6 Å². The number of aryl methyl sites for hydroxylation is 1. The van der Waals surface area contributed by atoms with Gasteiger partial charge in [-0.15, -0.1) is 0 Å². The van der Waals surface area contributed by atoms with Crippen molar-refractivity contribution in [3.8, 4) is 0 Å². The van der Waals surface area contributed by atoms with Crippen molar-refractivity contribution in [1.29, 1.82) is 0 Å². The summed E-state index contributed by atoms with van der Waals surface area (Å²) in [7, 11) is 0. The highest BCUT2D eigenvalue weighted by Gasteiger charge is 1.93. The average molecular weight is 292 g/mol. The smallest absolute Gasteiger partial charge is 0.126 e. The molecule has 0 spiro atoms. The zero-order chi connectivity index (χ0) is 17.1. The lowest BCUT2D eigenvalue weighted by Crippen LogP contribution is -1.83. The topological polar surface area (TPSA) is 0 Å². The normalized spacial score (nSPS) is 9.43. The third-order valence-corrected chi connectivity index (χ3v) is 2.21. The largest absolute Gasteiger partial charge is 0.207 e. The van der Waals surface area contributed by atoms with Gasteiger partial charge in [0.1, 0.15) is 5.82 Å². The van der Waals surface area contributed by atoms with Crippen molar-refractivity contribution < 1.29 is 4.39 Å². The van der Waals surface area contributed by atoms with Crippen molar-refractivity contribution >= 4 is 0 Å². The monoisotopic (exact) mass is 292 g/mol. The van der Waals surface area contributed by atoms with Crippen LogP contribution in [-0.2, 0) is 6.42 Å². The average Bonchev–Trinajstić information content (AvgIpc) is 2.57. The van der Waals surface area contributed by atoms with E-state index in [-0.39, 0.29) is 5.82 Å². The molecule has 0 saturated carbocycles. The fourth-order valence-electron chi connectivity index (χ4n) is 1.10. The first-order valence-electron chi connectivity index (χ1n) is 7.81. The van der Waals surface area contributed by atoms with E-state index in [1.807, 2.05) is 78.8 Å². The van der Waals surface area contributed by atoms with Crippen LogP contribution in [0.4, 0.5) is 4.39 Å². The molecule has 0 bridgehead atoms. The molecule has 0 aliphatic rings. The molecule has 0 radical (unpaired) electrons. The molecule has 0 aliphatic heterocycles. The second-order valence-corrected chi connectivity index (χ2v) is 3.59. The molecule has 0 amide bonds. The quantitative estimate of drug-likeness (QED) is 0.519. The highest BCUT2D eigenvalue weighted by Crippen LogP contribution is 2.05. The Balaban J connectivity index is -0.000000251. The summed E-state index contributed by atoms with van der Waals surface area (Å²) in [5.41, 5.74) is 1.99. The van der Waals surface area contributed by atoms with E-state index in [2.05, 4.69) is 6.58 Å². The van der Waals surface area contributed by atoms with Gasteiger partial charge in [-0.2, -0.15) is 0 Å². The SMILES string of the molecule is C=C/C(C)=C\C=C/C.CC.CC.CCc1ccccc1F. The van der Waals surface area contributed by atoms with Gasteiger partial charge in [-0.05, 0) is 31.9 Å². The van der Waals surface area contributed by atoms with Crippen molar-refractivity contribution in [3.63, 3.8) is 0 Å². The fourth-order valence-corrected chi connectivity index (χ4v) is 1.10. The van der Waals surface area contributed by atoms with Gasteiger partial charge < -0.3 is 0 Å². The number of rotatable bonds is 3. The van der Waals surface area contributed by atoms with E-state index in [0.717, 1.165) is 12.0 Å². The summed E-state index contributed by atoms with van der Waals surface area (Å²) in [6.45, 7) is 17.6. The van der Waals surface area contributed by atoms with Crippen LogP contribution in [-0.4, -0.2) is 0 Å². The molecular formula is C20H33F. The van der Waals surface area contributed by atoms with Crippen LogP contribution < -0.4 is 0 Å².